The number of cyclic esters (lactones) is 1. The van der Waals surface area contributed by atoms with Crippen LogP contribution in [0.3, 0.4) is 0 Å². The number of esters is 1. The topological polar surface area (TPSA) is 125 Å². The number of carbonyl (C=O) groups excluding carboxylic acids is 2. The van der Waals surface area contributed by atoms with E-state index in [4.69, 9.17) is 24.9 Å². The number of amides is 1. The van der Waals surface area contributed by atoms with Gasteiger partial charge in [-0.2, -0.15) is 0 Å². The van der Waals surface area contributed by atoms with Crippen molar-refractivity contribution in [3.8, 4) is 28.5 Å². The van der Waals surface area contributed by atoms with Crippen LogP contribution in [0.5, 0.6) is 17.2 Å². The lowest BCUT2D eigenvalue weighted by Gasteiger charge is -2.26. The Bertz CT molecular complexity index is 1880. The summed E-state index contributed by atoms with van der Waals surface area (Å²) in [5.41, 5.74) is 11.2. The van der Waals surface area contributed by atoms with Crippen molar-refractivity contribution in [1.82, 2.24) is 4.57 Å². The van der Waals surface area contributed by atoms with Gasteiger partial charge in [0.05, 0.1) is 25.3 Å². The summed E-state index contributed by atoms with van der Waals surface area (Å²) in [7, 11) is 1.63. The number of ether oxygens (including phenoxy) is 3. The van der Waals surface area contributed by atoms with Gasteiger partial charge in [0.15, 0.2) is 5.54 Å². The number of aromatic hydroxyl groups is 1. The van der Waals surface area contributed by atoms with Crippen molar-refractivity contribution in [2.24, 2.45) is 10.7 Å². The monoisotopic (exact) mass is 621 g/mol. The van der Waals surface area contributed by atoms with E-state index in [1.54, 1.807) is 33.1 Å². The summed E-state index contributed by atoms with van der Waals surface area (Å²) in [5.74, 6) is 0.782. The van der Waals surface area contributed by atoms with Crippen LogP contribution in [0.15, 0.2) is 59.6 Å². The molecule has 0 radical (unpaired) electrons. The van der Waals surface area contributed by atoms with E-state index in [0.717, 1.165) is 59.0 Å². The first-order chi connectivity index (χ1) is 22.1. The number of fused-ring (bicyclic) bond motifs is 5. The van der Waals surface area contributed by atoms with Crippen molar-refractivity contribution in [3.63, 3.8) is 0 Å². The van der Waals surface area contributed by atoms with Gasteiger partial charge in [-0.25, -0.2) is 9.79 Å². The number of carbonyl (C=O) groups is 2. The number of primary amides is 1. The molecule has 4 aromatic rings. The van der Waals surface area contributed by atoms with Gasteiger partial charge in [-0.15, -0.1) is 0 Å². The highest BCUT2D eigenvalue weighted by Crippen LogP contribution is 2.51. The second-order valence-electron chi connectivity index (χ2n) is 13.1. The number of hydrogen-bond donors (Lipinski definition) is 2. The van der Waals surface area contributed by atoms with E-state index in [1.165, 1.54) is 12.0 Å². The highest BCUT2D eigenvalue weighted by atomic mass is 16.6. The Hall–Kier alpha value is -4.79. The zero-order valence-corrected chi connectivity index (χ0v) is 26.5. The molecule has 46 heavy (non-hydrogen) atoms. The Morgan fingerprint density at radius 2 is 1.87 bits per heavy atom. The minimum Gasteiger partial charge on any atom is -0.508 e. The molecule has 9 heteroatoms. The molecule has 238 valence electrons. The maximum Gasteiger partial charge on any atom is 0.340 e. The number of phenols is 1. The SMILES string of the molecule is COc1cc2c(c([C@H](Cc3ccc(O)cc3)C3=NC(C)(C)C(=O)O3)c1)-c1c(C3CCCCC3)c3ccc(C(N)=O)cc3n1CCO2. The van der Waals surface area contributed by atoms with Crippen LogP contribution in [-0.2, 0) is 22.5 Å². The number of methoxy groups -OCH3 is 1. The molecule has 1 atom stereocenters. The van der Waals surface area contributed by atoms with E-state index < -0.39 is 23.3 Å². The third-order valence-corrected chi connectivity index (χ3v) is 9.69. The Balaban J connectivity index is 1.54. The van der Waals surface area contributed by atoms with Gasteiger partial charge in [0.2, 0.25) is 11.8 Å². The van der Waals surface area contributed by atoms with Gasteiger partial charge in [0.25, 0.3) is 0 Å². The molecule has 3 aliphatic rings. The molecule has 3 heterocycles. The van der Waals surface area contributed by atoms with Gasteiger partial charge in [0.1, 0.15) is 23.9 Å². The largest absolute Gasteiger partial charge is 0.508 e. The summed E-state index contributed by atoms with van der Waals surface area (Å²) in [6.45, 7) is 4.49. The van der Waals surface area contributed by atoms with Crippen molar-refractivity contribution < 1.29 is 28.9 Å². The molecular weight excluding hydrogens is 582 g/mol. The van der Waals surface area contributed by atoms with Gasteiger partial charge in [-0.3, -0.25) is 4.79 Å². The molecule has 3 N–H and O–H groups in total. The zero-order valence-electron chi connectivity index (χ0n) is 26.5. The van der Waals surface area contributed by atoms with Crippen LogP contribution in [0, 0.1) is 0 Å². The molecule has 1 aromatic heterocycles. The van der Waals surface area contributed by atoms with Crippen molar-refractivity contribution in [2.75, 3.05) is 13.7 Å². The second kappa shape index (κ2) is 11.5. The lowest BCUT2D eigenvalue weighted by molar-refractivity contribution is -0.138. The van der Waals surface area contributed by atoms with Gasteiger partial charge < -0.3 is 29.6 Å². The standard InChI is InChI=1S/C37H39N3O6/c1-37(2)36(43)46-35(39-37)28(17-21-9-12-24(41)13-10-21)27-19-25(44-3)20-30-32(27)33-31(22-7-5-4-6-8-22)26-14-11-23(34(38)42)18-29(26)40(33)15-16-45-30/h9-14,18-20,22,28,41H,4-8,15-17H2,1-3H3,(H2,38,42)/t28-/m0/s1. The summed E-state index contributed by atoms with van der Waals surface area (Å²) >= 11 is 0. The van der Waals surface area contributed by atoms with Crippen LogP contribution in [0.1, 0.15) is 84.8 Å². The average Bonchev–Trinajstić information content (AvgIpc) is 3.43. The number of benzene rings is 3. The Labute approximate surface area is 268 Å². The minimum absolute atomic E-state index is 0.173. The highest BCUT2D eigenvalue weighted by Gasteiger charge is 2.42. The predicted octanol–water partition coefficient (Wildman–Crippen LogP) is 6.62. The van der Waals surface area contributed by atoms with E-state index in [2.05, 4.69) is 4.57 Å². The Morgan fingerprint density at radius 1 is 1.11 bits per heavy atom. The van der Waals surface area contributed by atoms with Crippen molar-refractivity contribution in [2.45, 2.75) is 76.3 Å². The molecule has 3 aromatic carbocycles. The number of nitrogens with two attached hydrogens (primary N) is 1. The average molecular weight is 622 g/mol. The molecule has 0 bridgehead atoms. The first kappa shape index (κ1) is 29.9. The molecule has 9 nitrogen and oxygen atoms in total. The quantitative estimate of drug-likeness (QED) is 0.224. The fourth-order valence-corrected chi connectivity index (χ4v) is 7.36. The number of hydrogen-bond acceptors (Lipinski definition) is 7. The molecular formula is C37H39N3O6. The Morgan fingerprint density at radius 3 is 2.54 bits per heavy atom. The predicted molar refractivity (Wildman–Crippen MR) is 176 cm³/mol. The van der Waals surface area contributed by atoms with E-state index in [-0.39, 0.29) is 5.75 Å². The first-order valence-electron chi connectivity index (χ1n) is 16.1. The number of aliphatic imine (C=N–C) groups is 1. The fraction of sp³-hybridized carbons (Fsp3) is 0.378. The van der Waals surface area contributed by atoms with Gasteiger partial charge >= 0.3 is 5.97 Å². The first-order valence-corrected chi connectivity index (χ1v) is 16.1. The van der Waals surface area contributed by atoms with Crippen LogP contribution >= 0.6 is 0 Å². The van der Waals surface area contributed by atoms with Crippen molar-refractivity contribution >= 4 is 28.7 Å². The summed E-state index contributed by atoms with van der Waals surface area (Å²) in [6.07, 6.45) is 6.11. The summed E-state index contributed by atoms with van der Waals surface area (Å²) in [4.78, 5) is 30.2. The number of phenolic OH excluding ortho intramolecular Hbond substituents is 1. The smallest absolute Gasteiger partial charge is 0.340 e. The zero-order chi connectivity index (χ0) is 32.2. The summed E-state index contributed by atoms with van der Waals surface area (Å²) in [5, 5.41) is 11.1. The maximum atomic E-state index is 13.0. The van der Waals surface area contributed by atoms with E-state index in [0.29, 0.717) is 48.5 Å². The van der Waals surface area contributed by atoms with Gasteiger partial charge in [0, 0.05) is 28.1 Å². The molecule has 1 saturated carbocycles. The molecule has 1 fully saturated rings. The summed E-state index contributed by atoms with van der Waals surface area (Å²) < 4.78 is 20.5. The third-order valence-electron chi connectivity index (χ3n) is 9.69. The summed E-state index contributed by atoms with van der Waals surface area (Å²) in [6, 6.07) is 16.8. The number of nitrogens with zero attached hydrogens (tertiary/aromatic N) is 2. The normalized spacial score (nSPS) is 18.2. The lowest BCUT2D eigenvalue weighted by Crippen LogP contribution is -2.25. The fourth-order valence-electron chi connectivity index (χ4n) is 7.36. The van der Waals surface area contributed by atoms with Crippen LogP contribution in [0.25, 0.3) is 22.2 Å². The Kier molecular flexibility index (Phi) is 7.50. The number of rotatable bonds is 7. The second-order valence-corrected chi connectivity index (χ2v) is 13.1. The van der Waals surface area contributed by atoms with Crippen molar-refractivity contribution in [1.29, 1.82) is 0 Å². The number of aromatic nitrogens is 1. The molecule has 0 unspecified atom stereocenters. The molecule has 7 rings (SSSR count). The molecule has 0 spiro atoms. The highest BCUT2D eigenvalue weighted by molar-refractivity contribution is 6.04. The molecule has 1 amide bonds. The lowest BCUT2D eigenvalue weighted by atomic mass is 9.79. The van der Waals surface area contributed by atoms with Crippen molar-refractivity contribution in [3.05, 3.63) is 76.9 Å². The molecule has 0 saturated heterocycles. The van der Waals surface area contributed by atoms with Crippen LogP contribution < -0.4 is 15.2 Å². The van der Waals surface area contributed by atoms with E-state index in [9.17, 15) is 14.7 Å². The third kappa shape index (κ3) is 5.17. The van der Waals surface area contributed by atoms with Crippen LogP contribution in [-0.4, -0.2) is 46.7 Å². The van der Waals surface area contributed by atoms with Crippen LogP contribution in [0.2, 0.25) is 0 Å². The van der Waals surface area contributed by atoms with Gasteiger partial charge in [-0.05, 0) is 86.1 Å². The van der Waals surface area contributed by atoms with E-state index in [1.807, 2.05) is 42.5 Å². The van der Waals surface area contributed by atoms with Gasteiger partial charge in [-0.1, -0.05) is 37.5 Å². The molecule has 1 aliphatic carbocycles. The minimum atomic E-state index is -1.03. The molecule has 2 aliphatic heterocycles. The van der Waals surface area contributed by atoms with Crippen LogP contribution in [0.4, 0.5) is 0 Å². The maximum absolute atomic E-state index is 13.0. The van der Waals surface area contributed by atoms with E-state index >= 15 is 0 Å².